The van der Waals surface area contributed by atoms with Crippen LogP contribution in [0.1, 0.15) is 11.1 Å². The van der Waals surface area contributed by atoms with Gasteiger partial charge in [-0.15, -0.1) is 0 Å². The van der Waals surface area contributed by atoms with Crippen molar-refractivity contribution in [3.8, 4) is 17.2 Å². The fraction of sp³-hybridized carbons (Fsp3) is 0.211. The van der Waals surface area contributed by atoms with Gasteiger partial charge in [-0.3, -0.25) is 15.1 Å². The van der Waals surface area contributed by atoms with Crippen molar-refractivity contribution in [3.05, 3.63) is 63.8 Å². The second-order valence-corrected chi connectivity index (χ2v) is 5.85. The maximum Gasteiger partial charge on any atom is 0.279 e. The molecule has 1 aromatic heterocycles. The minimum atomic E-state index is -0.471. The number of aromatic nitrogens is 1. The molecule has 140 valence electrons. The number of aromatic hydroxyl groups is 1. The van der Waals surface area contributed by atoms with Crippen LogP contribution in [0.4, 0.5) is 5.69 Å². The lowest BCUT2D eigenvalue weighted by Crippen LogP contribution is -2.13. The van der Waals surface area contributed by atoms with Gasteiger partial charge in [0.05, 0.1) is 24.5 Å². The van der Waals surface area contributed by atoms with Crippen LogP contribution in [-0.4, -0.2) is 29.2 Å². The number of hydrogen-bond acceptors (Lipinski definition) is 7. The van der Waals surface area contributed by atoms with E-state index in [0.29, 0.717) is 29.0 Å². The highest BCUT2D eigenvalue weighted by molar-refractivity contribution is 5.93. The number of fused-ring (bicyclic) bond motifs is 1. The Bertz CT molecular complexity index is 990. The van der Waals surface area contributed by atoms with Gasteiger partial charge in [-0.1, -0.05) is 6.07 Å². The third-order valence-corrected chi connectivity index (χ3v) is 4.21. The molecule has 8 heteroatoms. The Morgan fingerprint density at radius 1 is 1.15 bits per heavy atom. The second kappa shape index (κ2) is 7.88. The van der Waals surface area contributed by atoms with Gasteiger partial charge in [-0.2, -0.15) is 0 Å². The molecule has 0 bridgehead atoms. The molecule has 2 aromatic carbocycles. The maximum absolute atomic E-state index is 11.4. The van der Waals surface area contributed by atoms with E-state index < -0.39 is 4.92 Å². The number of rotatable bonds is 7. The molecule has 1 heterocycles. The Labute approximate surface area is 155 Å². The molecule has 3 aromatic rings. The molecule has 0 aliphatic heterocycles. The summed E-state index contributed by atoms with van der Waals surface area (Å²) in [6.07, 6.45) is 1.49. The van der Waals surface area contributed by atoms with Crippen molar-refractivity contribution >= 4 is 16.6 Å². The van der Waals surface area contributed by atoms with Crippen LogP contribution in [0.15, 0.2) is 42.6 Å². The molecule has 0 spiro atoms. The maximum atomic E-state index is 11.4. The molecule has 0 amide bonds. The fourth-order valence-electron chi connectivity index (χ4n) is 2.88. The number of nitrogens with one attached hydrogen (secondary N) is 1. The SMILES string of the molecule is COc1ccc(CNCc2cc([N+](=O)[O-])c3cccnc3c2O)cc1OC. The Kier molecular flexibility index (Phi) is 5.37. The zero-order chi connectivity index (χ0) is 19.4. The zero-order valence-electron chi connectivity index (χ0n) is 14.9. The predicted molar refractivity (Wildman–Crippen MR) is 100 cm³/mol. The van der Waals surface area contributed by atoms with Crippen LogP contribution in [0.5, 0.6) is 17.2 Å². The van der Waals surface area contributed by atoms with Crippen molar-refractivity contribution in [1.29, 1.82) is 0 Å². The van der Waals surface area contributed by atoms with E-state index in [-0.39, 0.29) is 23.5 Å². The van der Waals surface area contributed by atoms with Gasteiger partial charge in [-0.05, 0) is 29.8 Å². The quantitative estimate of drug-likeness (QED) is 0.486. The van der Waals surface area contributed by atoms with Crippen LogP contribution in [0.25, 0.3) is 10.9 Å². The number of ether oxygens (including phenoxy) is 2. The van der Waals surface area contributed by atoms with Crippen molar-refractivity contribution in [2.24, 2.45) is 0 Å². The van der Waals surface area contributed by atoms with Crippen LogP contribution >= 0.6 is 0 Å². The first-order valence-electron chi connectivity index (χ1n) is 8.20. The van der Waals surface area contributed by atoms with Crippen molar-refractivity contribution in [3.63, 3.8) is 0 Å². The number of nitro groups is 1. The van der Waals surface area contributed by atoms with E-state index in [9.17, 15) is 15.2 Å². The topological polar surface area (TPSA) is 107 Å². The smallest absolute Gasteiger partial charge is 0.279 e. The fourth-order valence-corrected chi connectivity index (χ4v) is 2.88. The van der Waals surface area contributed by atoms with Gasteiger partial charge in [0.15, 0.2) is 11.5 Å². The van der Waals surface area contributed by atoms with E-state index in [1.807, 2.05) is 12.1 Å². The predicted octanol–water partition coefficient (Wildman–Crippen LogP) is 3.16. The molecular weight excluding hydrogens is 350 g/mol. The number of hydrogen-bond donors (Lipinski definition) is 2. The van der Waals surface area contributed by atoms with Crippen molar-refractivity contribution in [2.75, 3.05) is 14.2 Å². The number of nitro benzene ring substituents is 1. The van der Waals surface area contributed by atoms with E-state index >= 15 is 0 Å². The van der Waals surface area contributed by atoms with Gasteiger partial charge in [0, 0.05) is 30.9 Å². The lowest BCUT2D eigenvalue weighted by Gasteiger charge is -2.11. The van der Waals surface area contributed by atoms with Crippen LogP contribution in [0.2, 0.25) is 0 Å². The third kappa shape index (κ3) is 3.75. The van der Waals surface area contributed by atoms with E-state index in [1.165, 1.54) is 12.3 Å². The molecule has 0 radical (unpaired) electrons. The number of nitrogens with zero attached hydrogens (tertiary/aromatic N) is 2. The first-order valence-corrected chi connectivity index (χ1v) is 8.20. The highest BCUT2D eigenvalue weighted by atomic mass is 16.6. The summed E-state index contributed by atoms with van der Waals surface area (Å²) >= 11 is 0. The number of phenolic OH excluding ortho intramolecular Hbond substituents is 1. The van der Waals surface area contributed by atoms with Crippen LogP contribution < -0.4 is 14.8 Å². The van der Waals surface area contributed by atoms with Gasteiger partial charge in [0.1, 0.15) is 11.3 Å². The van der Waals surface area contributed by atoms with E-state index in [2.05, 4.69) is 10.3 Å². The van der Waals surface area contributed by atoms with Crippen molar-refractivity contribution < 1.29 is 19.5 Å². The number of non-ortho nitro benzene ring substituents is 1. The summed E-state index contributed by atoms with van der Waals surface area (Å²) in [5, 5.41) is 25.3. The summed E-state index contributed by atoms with van der Waals surface area (Å²) in [6.45, 7) is 0.724. The summed E-state index contributed by atoms with van der Waals surface area (Å²) in [6, 6.07) is 10.1. The zero-order valence-corrected chi connectivity index (χ0v) is 14.9. The van der Waals surface area contributed by atoms with Gasteiger partial charge in [0.2, 0.25) is 0 Å². The highest BCUT2D eigenvalue weighted by Crippen LogP contribution is 2.34. The molecule has 0 unspecified atom stereocenters. The number of benzene rings is 2. The normalized spacial score (nSPS) is 10.7. The molecule has 0 aliphatic carbocycles. The summed E-state index contributed by atoms with van der Waals surface area (Å²) in [5.74, 6) is 1.19. The first-order chi connectivity index (χ1) is 13.0. The number of phenols is 1. The van der Waals surface area contributed by atoms with E-state index in [4.69, 9.17) is 9.47 Å². The van der Waals surface area contributed by atoms with Crippen LogP contribution in [0.3, 0.4) is 0 Å². The number of pyridine rings is 1. The standard InChI is InChI=1S/C19H19N3O5/c1-26-16-6-5-12(8-17(16)27-2)10-20-11-13-9-15(22(24)25)14-4-3-7-21-18(14)19(13)23/h3-9,20,23H,10-11H2,1-2H3. The Hall–Kier alpha value is -3.39. The molecule has 0 aliphatic rings. The van der Waals surface area contributed by atoms with Crippen molar-refractivity contribution in [1.82, 2.24) is 10.3 Å². The minimum Gasteiger partial charge on any atom is -0.505 e. The van der Waals surface area contributed by atoms with E-state index in [1.54, 1.807) is 32.4 Å². The third-order valence-electron chi connectivity index (χ3n) is 4.21. The summed E-state index contributed by atoms with van der Waals surface area (Å²) in [5.41, 5.74) is 1.49. The average molecular weight is 369 g/mol. The largest absolute Gasteiger partial charge is 0.505 e. The minimum absolute atomic E-state index is 0.0592. The molecular formula is C19H19N3O5. The van der Waals surface area contributed by atoms with Gasteiger partial charge in [0.25, 0.3) is 5.69 Å². The first kappa shape index (κ1) is 18.4. The molecule has 27 heavy (non-hydrogen) atoms. The van der Waals surface area contributed by atoms with Gasteiger partial charge >= 0.3 is 0 Å². The Morgan fingerprint density at radius 2 is 1.93 bits per heavy atom. The average Bonchev–Trinajstić information content (AvgIpc) is 2.69. The molecule has 0 saturated carbocycles. The lowest BCUT2D eigenvalue weighted by atomic mass is 10.1. The molecule has 8 nitrogen and oxygen atoms in total. The molecule has 0 atom stereocenters. The molecule has 3 rings (SSSR count). The highest BCUT2D eigenvalue weighted by Gasteiger charge is 2.19. The van der Waals surface area contributed by atoms with E-state index in [0.717, 1.165) is 5.56 Å². The molecule has 0 saturated heterocycles. The summed E-state index contributed by atoms with van der Waals surface area (Å²) < 4.78 is 10.5. The van der Waals surface area contributed by atoms with Crippen molar-refractivity contribution in [2.45, 2.75) is 13.1 Å². The molecule has 2 N–H and O–H groups in total. The van der Waals surface area contributed by atoms with Gasteiger partial charge < -0.3 is 19.9 Å². The Balaban J connectivity index is 1.81. The monoisotopic (exact) mass is 369 g/mol. The van der Waals surface area contributed by atoms with Crippen LogP contribution in [0, 0.1) is 10.1 Å². The number of methoxy groups -OCH3 is 2. The second-order valence-electron chi connectivity index (χ2n) is 5.85. The molecule has 0 fully saturated rings. The summed E-state index contributed by atoms with van der Waals surface area (Å²) in [7, 11) is 3.13. The van der Waals surface area contributed by atoms with Gasteiger partial charge in [-0.25, -0.2) is 0 Å². The van der Waals surface area contributed by atoms with Crippen LogP contribution in [-0.2, 0) is 13.1 Å². The Morgan fingerprint density at radius 3 is 2.63 bits per heavy atom. The summed E-state index contributed by atoms with van der Waals surface area (Å²) in [4.78, 5) is 15.0. The lowest BCUT2D eigenvalue weighted by molar-refractivity contribution is -0.383.